The van der Waals surface area contributed by atoms with Crippen molar-refractivity contribution in [3.63, 3.8) is 0 Å². The summed E-state index contributed by atoms with van der Waals surface area (Å²) in [6, 6.07) is 77.4. The van der Waals surface area contributed by atoms with Gasteiger partial charge in [-0.3, -0.25) is 0 Å². The number of aromatic nitrogens is 3. The highest BCUT2D eigenvalue weighted by Gasteiger charge is 2.25. The maximum Gasteiger partial charge on any atom is 0.0782 e. The summed E-state index contributed by atoms with van der Waals surface area (Å²) in [6.07, 6.45) is 0. The number of nitrogens with zero attached hydrogens (tertiary/aromatic N) is 3. The number of hydrogen-bond donors (Lipinski definition) is 0. The Balaban J connectivity index is 1.24. The monoisotopic (exact) mass is 725 g/mol. The van der Waals surface area contributed by atoms with E-state index in [4.69, 9.17) is 0 Å². The van der Waals surface area contributed by atoms with Gasteiger partial charge in [0.2, 0.25) is 0 Å². The minimum Gasteiger partial charge on any atom is -0.308 e. The maximum atomic E-state index is 2.53. The van der Waals surface area contributed by atoms with Gasteiger partial charge in [-0.2, -0.15) is 0 Å². The molecule has 0 fully saturated rings. The summed E-state index contributed by atoms with van der Waals surface area (Å²) in [5.41, 5.74) is 15.3. The Bertz CT molecular complexity index is 3400. The molecule has 266 valence electrons. The fourth-order valence-corrected chi connectivity index (χ4v) is 9.53. The summed E-state index contributed by atoms with van der Waals surface area (Å²) in [5, 5.41) is 7.40. The Morgan fingerprint density at radius 1 is 0.246 bits per heavy atom. The van der Waals surface area contributed by atoms with Crippen LogP contribution in [0.3, 0.4) is 0 Å². The molecule has 0 N–H and O–H groups in total. The van der Waals surface area contributed by atoms with E-state index in [1.165, 1.54) is 87.8 Å². The zero-order chi connectivity index (χ0) is 37.5. The van der Waals surface area contributed by atoms with Crippen LogP contribution in [0, 0.1) is 0 Å². The number of para-hydroxylation sites is 6. The van der Waals surface area contributed by atoms with Crippen LogP contribution >= 0.6 is 0 Å². The standard InChI is InChI=1S/C54H35N3/c1-3-18-36(19-4-1)38-26-15-27-39(37-20-5-2-6-21-37)53(38)56-48-32-14-10-25-44(48)52-49(56)33-17-34-50(52)57-47-31-13-9-24-42(47)43-28-16-35-51(54(43)57)55-45-29-11-7-22-40(45)41-23-8-12-30-46(41)55/h1-35H. The maximum absolute atomic E-state index is 2.53. The van der Waals surface area contributed by atoms with Gasteiger partial charge in [0.1, 0.15) is 0 Å². The molecule has 0 atom stereocenters. The van der Waals surface area contributed by atoms with Crippen molar-refractivity contribution in [1.29, 1.82) is 0 Å². The molecule has 0 spiro atoms. The summed E-state index contributed by atoms with van der Waals surface area (Å²) in [5.74, 6) is 0. The minimum atomic E-state index is 1.15. The first-order valence-electron chi connectivity index (χ1n) is 19.6. The topological polar surface area (TPSA) is 14.8 Å². The molecule has 3 aromatic heterocycles. The molecular weight excluding hydrogens is 691 g/mol. The Kier molecular flexibility index (Phi) is 6.93. The van der Waals surface area contributed by atoms with Crippen LogP contribution in [0.1, 0.15) is 0 Å². The predicted molar refractivity (Wildman–Crippen MR) is 240 cm³/mol. The van der Waals surface area contributed by atoms with Gasteiger partial charge in [0.05, 0.1) is 50.2 Å². The smallest absolute Gasteiger partial charge is 0.0782 e. The lowest BCUT2D eigenvalue weighted by Gasteiger charge is -2.19. The summed E-state index contributed by atoms with van der Waals surface area (Å²) >= 11 is 0. The fraction of sp³-hybridized carbons (Fsp3) is 0. The third-order valence-electron chi connectivity index (χ3n) is 11.8. The average molecular weight is 726 g/mol. The molecule has 0 bridgehead atoms. The first-order valence-corrected chi connectivity index (χ1v) is 19.6. The largest absolute Gasteiger partial charge is 0.308 e. The van der Waals surface area contributed by atoms with Crippen molar-refractivity contribution in [1.82, 2.24) is 13.7 Å². The van der Waals surface area contributed by atoms with E-state index in [0.29, 0.717) is 0 Å². The van der Waals surface area contributed by atoms with Crippen LogP contribution in [0.15, 0.2) is 212 Å². The Labute approximate surface area is 329 Å². The van der Waals surface area contributed by atoms with Gasteiger partial charge in [-0.25, -0.2) is 0 Å². The Hall–Kier alpha value is -7.62. The van der Waals surface area contributed by atoms with E-state index in [-0.39, 0.29) is 0 Å². The minimum absolute atomic E-state index is 1.15. The van der Waals surface area contributed by atoms with Crippen LogP contribution in [0.2, 0.25) is 0 Å². The summed E-state index contributed by atoms with van der Waals surface area (Å²) in [6.45, 7) is 0. The lowest BCUT2D eigenvalue weighted by Crippen LogP contribution is -2.02. The van der Waals surface area contributed by atoms with Gasteiger partial charge in [0.25, 0.3) is 0 Å². The molecule has 0 aliphatic heterocycles. The molecule has 0 saturated heterocycles. The van der Waals surface area contributed by atoms with Crippen molar-refractivity contribution in [2.45, 2.75) is 0 Å². The zero-order valence-electron chi connectivity index (χ0n) is 31.0. The molecule has 57 heavy (non-hydrogen) atoms. The molecule has 0 radical (unpaired) electrons. The summed E-state index contributed by atoms with van der Waals surface area (Å²) in [7, 11) is 0. The van der Waals surface area contributed by atoms with Gasteiger partial charge < -0.3 is 13.7 Å². The Morgan fingerprint density at radius 2 is 0.649 bits per heavy atom. The molecule has 12 rings (SSSR count). The van der Waals surface area contributed by atoms with E-state index < -0.39 is 0 Å². The molecule has 0 aliphatic rings. The molecule has 0 aliphatic carbocycles. The lowest BCUT2D eigenvalue weighted by molar-refractivity contribution is 1.14. The highest BCUT2D eigenvalue weighted by molar-refractivity contribution is 6.19. The quantitative estimate of drug-likeness (QED) is 0.168. The molecule has 9 aromatic carbocycles. The van der Waals surface area contributed by atoms with E-state index in [1.54, 1.807) is 0 Å². The molecule has 0 saturated carbocycles. The first-order chi connectivity index (χ1) is 28.3. The normalized spacial score (nSPS) is 11.9. The number of benzene rings is 9. The van der Waals surface area contributed by atoms with Crippen molar-refractivity contribution in [3.8, 4) is 39.3 Å². The van der Waals surface area contributed by atoms with E-state index in [2.05, 4.69) is 226 Å². The van der Waals surface area contributed by atoms with Gasteiger partial charge >= 0.3 is 0 Å². The van der Waals surface area contributed by atoms with Crippen LogP contribution in [0.5, 0.6) is 0 Å². The first kappa shape index (κ1) is 31.7. The van der Waals surface area contributed by atoms with Crippen molar-refractivity contribution < 1.29 is 0 Å². The van der Waals surface area contributed by atoms with Crippen LogP contribution < -0.4 is 0 Å². The second-order valence-corrected chi connectivity index (χ2v) is 14.9. The zero-order valence-corrected chi connectivity index (χ0v) is 31.0. The molecule has 12 aromatic rings. The van der Waals surface area contributed by atoms with Crippen LogP contribution in [-0.2, 0) is 0 Å². The number of fused-ring (bicyclic) bond motifs is 9. The van der Waals surface area contributed by atoms with E-state index in [1.807, 2.05) is 0 Å². The molecule has 0 unspecified atom stereocenters. The second kappa shape index (κ2) is 12.5. The molecule has 3 heterocycles. The highest BCUT2D eigenvalue weighted by Crippen LogP contribution is 2.45. The SMILES string of the molecule is c1ccc(-c2cccc(-c3ccccc3)c2-n2c3ccccc3c3c(-n4c5ccccc5c5cccc(-n6c7ccccc7c7ccccc76)c54)cccc32)cc1. The summed E-state index contributed by atoms with van der Waals surface area (Å²) < 4.78 is 7.51. The molecule has 3 heteroatoms. The third kappa shape index (κ3) is 4.60. The Morgan fingerprint density at radius 3 is 1.25 bits per heavy atom. The molecular formula is C54H35N3. The van der Waals surface area contributed by atoms with Gasteiger partial charge in [0.15, 0.2) is 0 Å². The van der Waals surface area contributed by atoms with E-state index >= 15 is 0 Å². The van der Waals surface area contributed by atoms with Crippen LogP contribution in [-0.4, -0.2) is 13.7 Å². The fourth-order valence-electron chi connectivity index (χ4n) is 9.53. The van der Waals surface area contributed by atoms with Gasteiger partial charge in [0, 0.05) is 43.4 Å². The van der Waals surface area contributed by atoms with Gasteiger partial charge in [-0.15, -0.1) is 0 Å². The van der Waals surface area contributed by atoms with Crippen molar-refractivity contribution in [3.05, 3.63) is 212 Å². The number of rotatable bonds is 5. The number of hydrogen-bond acceptors (Lipinski definition) is 0. The van der Waals surface area contributed by atoms with Crippen molar-refractivity contribution in [2.24, 2.45) is 0 Å². The second-order valence-electron chi connectivity index (χ2n) is 14.9. The van der Waals surface area contributed by atoms with Crippen LogP contribution in [0.4, 0.5) is 0 Å². The highest BCUT2D eigenvalue weighted by atomic mass is 15.1. The van der Waals surface area contributed by atoms with Crippen LogP contribution in [0.25, 0.3) is 105 Å². The molecule has 0 amide bonds. The van der Waals surface area contributed by atoms with Gasteiger partial charge in [-0.05, 0) is 53.6 Å². The van der Waals surface area contributed by atoms with E-state index in [9.17, 15) is 0 Å². The van der Waals surface area contributed by atoms with Crippen molar-refractivity contribution in [2.75, 3.05) is 0 Å². The van der Waals surface area contributed by atoms with E-state index in [0.717, 1.165) is 16.9 Å². The average Bonchev–Trinajstić information content (AvgIpc) is 3.93. The summed E-state index contributed by atoms with van der Waals surface area (Å²) in [4.78, 5) is 0. The van der Waals surface area contributed by atoms with Gasteiger partial charge in [-0.1, -0.05) is 170 Å². The predicted octanol–water partition coefficient (Wildman–Crippen LogP) is 14.3. The lowest BCUT2D eigenvalue weighted by atomic mass is 9.95. The third-order valence-corrected chi connectivity index (χ3v) is 11.8. The molecule has 3 nitrogen and oxygen atoms in total. The van der Waals surface area contributed by atoms with Crippen molar-refractivity contribution >= 4 is 65.4 Å².